The first kappa shape index (κ1) is 12.5. The summed E-state index contributed by atoms with van der Waals surface area (Å²) in [6.07, 6.45) is -2.90. The third-order valence-electron chi connectivity index (χ3n) is 2.49. The molecule has 0 heterocycles. The lowest BCUT2D eigenvalue weighted by atomic mass is 9.99. The predicted molar refractivity (Wildman–Crippen MR) is 56.7 cm³/mol. The second-order valence-electron chi connectivity index (χ2n) is 3.63. The smallest absolute Gasteiger partial charge is 0.207 e. The van der Waals surface area contributed by atoms with Crippen molar-refractivity contribution >= 4 is 0 Å². The van der Waals surface area contributed by atoms with Crippen molar-refractivity contribution in [3.05, 3.63) is 59.4 Å². The van der Waals surface area contributed by atoms with E-state index in [1.807, 2.05) is 0 Å². The third-order valence-corrected chi connectivity index (χ3v) is 2.49. The molecule has 0 aliphatic heterocycles. The van der Waals surface area contributed by atoms with Crippen LogP contribution in [0.2, 0.25) is 0 Å². The van der Waals surface area contributed by atoms with Gasteiger partial charge in [-0.1, -0.05) is 12.1 Å². The lowest BCUT2D eigenvalue weighted by Crippen LogP contribution is -1.95. The first-order chi connectivity index (χ1) is 8.50. The Morgan fingerprint density at radius 1 is 0.833 bits per heavy atom. The topological polar surface area (TPSA) is 0 Å². The fourth-order valence-electron chi connectivity index (χ4n) is 1.66. The van der Waals surface area contributed by atoms with Crippen molar-refractivity contribution in [1.29, 1.82) is 0 Å². The molecule has 0 aliphatic rings. The highest BCUT2D eigenvalue weighted by molar-refractivity contribution is 5.68. The lowest BCUT2D eigenvalue weighted by molar-refractivity contribution is 0.152. The molecule has 0 aliphatic carbocycles. The van der Waals surface area contributed by atoms with E-state index < -0.39 is 29.4 Å². The van der Waals surface area contributed by atoms with Crippen molar-refractivity contribution in [3.63, 3.8) is 0 Å². The molecular formula is C13H7F5. The second-order valence-corrected chi connectivity index (χ2v) is 3.63. The highest BCUT2D eigenvalue weighted by atomic mass is 19.3. The fraction of sp³-hybridized carbons (Fsp3) is 0.0769. The predicted octanol–water partition coefficient (Wildman–Crippen LogP) is 4.71. The van der Waals surface area contributed by atoms with Crippen LogP contribution >= 0.6 is 0 Å². The highest BCUT2D eigenvalue weighted by Gasteiger charge is 2.18. The average Bonchev–Trinajstić information content (AvgIpc) is 2.32. The number of hydrogen-bond acceptors (Lipinski definition) is 0. The number of benzene rings is 2. The molecule has 0 nitrogen and oxygen atoms in total. The first-order valence-corrected chi connectivity index (χ1v) is 5.02. The van der Waals surface area contributed by atoms with Crippen LogP contribution in [0.5, 0.6) is 0 Å². The van der Waals surface area contributed by atoms with Gasteiger partial charge in [0.15, 0.2) is 11.6 Å². The zero-order chi connectivity index (χ0) is 13.3. The Morgan fingerprint density at radius 2 is 1.56 bits per heavy atom. The Labute approximate surface area is 99.7 Å². The van der Waals surface area contributed by atoms with Gasteiger partial charge in [-0.15, -0.1) is 0 Å². The van der Waals surface area contributed by atoms with Crippen molar-refractivity contribution in [2.75, 3.05) is 0 Å². The molecule has 0 N–H and O–H groups in total. The van der Waals surface area contributed by atoms with Crippen LogP contribution in [0.1, 0.15) is 12.0 Å². The number of hydrogen-bond donors (Lipinski definition) is 0. The maximum atomic E-state index is 13.5. The second kappa shape index (κ2) is 4.76. The summed E-state index contributed by atoms with van der Waals surface area (Å²) in [6, 6.07) is 5.63. The van der Waals surface area contributed by atoms with E-state index in [1.54, 1.807) is 0 Å². The maximum Gasteiger partial charge on any atom is 0.264 e. The summed E-state index contributed by atoms with van der Waals surface area (Å²) in [5.74, 6) is -3.24. The van der Waals surface area contributed by atoms with Crippen molar-refractivity contribution in [3.8, 4) is 11.1 Å². The molecular weight excluding hydrogens is 251 g/mol. The molecule has 0 atom stereocenters. The van der Waals surface area contributed by atoms with Crippen LogP contribution in [-0.2, 0) is 0 Å². The summed E-state index contributed by atoms with van der Waals surface area (Å²) in [4.78, 5) is 0. The van der Waals surface area contributed by atoms with Crippen molar-refractivity contribution in [2.45, 2.75) is 6.43 Å². The van der Waals surface area contributed by atoms with Gasteiger partial charge >= 0.3 is 0 Å². The molecule has 0 fully saturated rings. The number of halogens is 5. The number of alkyl halides is 2. The molecule has 0 radical (unpaired) electrons. The van der Waals surface area contributed by atoms with Crippen LogP contribution < -0.4 is 0 Å². The third kappa shape index (κ3) is 2.20. The van der Waals surface area contributed by atoms with Gasteiger partial charge in [-0.3, -0.25) is 0 Å². The molecule has 0 saturated carbocycles. The molecule has 0 aromatic heterocycles. The minimum absolute atomic E-state index is 0.345. The van der Waals surface area contributed by atoms with Crippen LogP contribution in [0, 0.1) is 17.5 Å². The van der Waals surface area contributed by atoms with Crippen molar-refractivity contribution in [2.24, 2.45) is 0 Å². The zero-order valence-corrected chi connectivity index (χ0v) is 8.93. The first-order valence-electron chi connectivity index (χ1n) is 5.02. The molecule has 0 saturated heterocycles. The van der Waals surface area contributed by atoms with Gasteiger partial charge in [-0.05, 0) is 29.8 Å². The Balaban J connectivity index is 2.69. The van der Waals surface area contributed by atoms with Crippen molar-refractivity contribution < 1.29 is 22.0 Å². The standard InChI is InChI=1S/C13H7F5/c14-7-4-5-9(13(17)18)10(6-7)8-2-1-3-11(15)12(8)16/h1-6,13H. The fourth-order valence-corrected chi connectivity index (χ4v) is 1.66. The van der Waals surface area contributed by atoms with E-state index in [4.69, 9.17) is 0 Å². The van der Waals surface area contributed by atoms with Crippen molar-refractivity contribution in [1.82, 2.24) is 0 Å². The van der Waals surface area contributed by atoms with E-state index in [-0.39, 0.29) is 11.1 Å². The van der Waals surface area contributed by atoms with Gasteiger partial charge in [0, 0.05) is 11.1 Å². The van der Waals surface area contributed by atoms with Gasteiger partial charge in [0.1, 0.15) is 5.82 Å². The Kier molecular flexibility index (Phi) is 3.32. The molecule has 0 amide bonds. The molecule has 18 heavy (non-hydrogen) atoms. The van der Waals surface area contributed by atoms with Gasteiger partial charge < -0.3 is 0 Å². The van der Waals surface area contributed by atoms with E-state index in [0.29, 0.717) is 0 Å². The van der Waals surface area contributed by atoms with Gasteiger partial charge in [0.2, 0.25) is 0 Å². The summed E-state index contributed by atoms with van der Waals surface area (Å²) in [7, 11) is 0. The monoisotopic (exact) mass is 258 g/mol. The van der Waals surface area contributed by atoms with Crippen LogP contribution in [0.15, 0.2) is 36.4 Å². The number of rotatable bonds is 2. The Bertz CT molecular complexity index is 578. The molecule has 2 aromatic rings. The molecule has 2 rings (SSSR count). The van der Waals surface area contributed by atoms with Gasteiger partial charge in [0.05, 0.1) is 0 Å². The Morgan fingerprint density at radius 3 is 2.22 bits per heavy atom. The van der Waals surface area contributed by atoms with Crippen LogP contribution in [0.25, 0.3) is 11.1 Å². The van der Waals surface area contributed by atoms with E-state index >= 15 is 0 Å². The maximum absolute atomic E-state index is 13.5. The molecule has 94 valence electrons. The minimum atomic E-state index is -2.90. The normalized spacial score (nSPS) is 11.0. The molecule has 5 heteroatoms. The van der Waals surface area contributed by atoms with E-state index in [0.717, 1.165) is 30.3 Å². The summed E-state index contributed by atoms with van der Waals surface area (Å²) in [5, 5.41) is 0. The quantitative estimate of drug-likeness (QED) is 0.684. The summed E-state index contributed by atoms with van der Waals surface area (Å²) in [6.45, 7) is 0. The highest BCUT2D eigenvalue weighted by Crippen LogP contribution is 2.33. The van der Waals surface area contributed by atoms with E-state index in [2.05, 4.69) is 0 Å². The largest absolute Gasteiger partial charge is 0.264 e. The van der Waals surface area contributed by atoms with Crippen LogP contribution in [0.4, 0.5) is 22.0 Å². The average molecular weight is 258 g/mol. The SMILES string of the molecule is Fc1ccc(C(F)F)c(-c2cccc(F)c2F)c1. The zero-order valence-electron chi connectivity index (χ0n) is 8.93. The van der Waals surface area contributed by atoms with Crippen LogP contribution in [0.3, 0.4) is 0 Å². The van der Waals surface area contributed by atoms with Gasteiger partial charge in [-0.25, -0.2) is 22.0 Å². The minimum Gasteiger partial charge on any atom is -0.207 e. The van der Waals surface area contributed by atoms with E-state index in [9.17, 15) is 22.0 Å². The Hall–Kier alpha value is -1.91. The van der Waals surface area contributed by atoms with Crippen LogP contribution in [-0.4, -0.2) is 0 Å². The lowest BCUT2D eigenvalue weighted by Gasteiger charge is -2.10. The summed E-state index contributed by atoms with van der Waals surface area (Å²) < 4.78 is 65.1. The molecule has 2 aromatic carbocycles. The summed E-state index contributed by atoms with van der Waals surface area (Å²) >= 11 is 0. The molecule has 0 unspecified atom stereocenters. The summed E-state index contributed by atoms with van der Waals surface area (Å²) in [5.41, 5.74) is -1.27. The molecule has 0 spiro atoms. The van der Waals surface area contributed by atoms with E-state index in [1.165, 1.54) is 6.07 Å². The molecule has 0 bridgehead atoms. The van der Waals surface area contributed by atoms with Gasteiger partial charge in [-0.2, -0.15) is 0 Å². The van der Waals surface area contributed by atoms with Gasteiger partial charge in [0.25, 0.3) is 6.43 Å².